The number of fused-ring (bicyclic) bond motifs is 1. The van der Waals surface area contributed by atoms with Crippen molar-refractivity contribution in [3.63, 3.8) is 0 Å². The quantitative estimate of drug-likeness (QED) is 0.794. The molecule has 1 amide bonds. The third-order valence-corrected chi connectivity index (χ3v) is 4.00. The van der Waals surface area contributed by atoms with Gasteiger partial charge in [0, 0.05) is 0 Å². The second kappa shape index (κ2) is 6.62. The van der Waals surface area contributed by atoms with E-state index < -0.39 is 17.8 Å². The molecule has 0 aliphatic heterocycles. The second-order valence-electron chi connectivity index (χ2n) is 4.91. The number of nitrogens with zero attached hydrogens (tertiary/aromatic N) is 1. The van der Waals surface area contributed by atoms with E-state index in [2.05, 4.69) is 10.3 Å². The molecule has 0 unspecified atom stereocenters. The normalized spacial score (nSPS) is 12.0. The van der Waals surface area contributed by atoms with Crippen LogP contribution in [-0.4, -0.2) is 11.1 Å². The lowest BCUT2D eigenvalue weighted by atomic mass is 10.2. The van der Waals surface area contributed by atoms with E-state index in [1.54, 1.807) is 18.4 Å². The number of rotatable bonds is 4. The van der Waals surface area contributed by atoms with Crippen molar-refractivity contribution in [1.82, 2.24) is 10.3 Å². The number of thiophene rings is 1. The molecule has 1 atom stereocenters. The summed E-state index contributed by atoms with van der Waals surface area (Å²) in [5.41, 5.74) is 0.428. The molecule has 1 N–H and O–H groups in total. The highest BCUT2D eigenvalue weighted by Gasteiger charge is 2.17. The first-order valence-corrected chi connectivity index (χ1v) is 7.87. The first kappa shape index (κ1) is 15.2. The predicted octanol–water partition coefficient (Wildman–Crippen LogP) is 3.24. The molecule has 0 radical (unpaired) electrons. The summed E-state index contributed by atoms with van der Waals surface area (Å²) in [6.07, 6.45) is -0.600. The Hall–Kier alpha value is -2.67. The van der Waals surface area contributed by atoms with Gasteiger partial charge in [-0.05, 0) is 23.9 Å². The van der Waals surface area contributed by atoms with E-state index >= 15 is 0 Å². The average molecular weight is 330 g/mol. The molecule has 3 rings (SSSR count). The van der Waals surface area contributed by atoms with E-state index in [4.69, 9.17) is 9.15 Å². The maximum atomic E-state index is 11.8. The fraction of sp³-hybridized carbons (Fsp3) is 0.188. The summed E-state index contributed by atoms with van der Waals surface area (Å²) in [5.74, 6) is 0.154. The molecule has 118 valence electrons. The Balaban J connectivity index is 1.64. The van der Waals surface area contributed by atoms with Gasteiger partial charge in [-0.3, -0.25) is 0 Å². The van der Waals surface area contributed by atoms with E-state index in [9.17, 15) is 9.59 Å². The molecule has 0 fully saturated rings. The van der Waals surface area contributed by atoms with Gasteiger partial charge in [-0.25, -0.2) is 14.6 Å². The Morgan fingerprint density at radius 1 is 1.35 bits per heavy atom. The van der Waals surface area contributed by atoms with Gasteiger partial charge in [0.2, 0.25) is 5.89 Å². The van der Waals surface area contributed by atoms with Crippen molar-refractivity contribution in [2.24, 2.45) is 0 Å². The number of hydrogen-bond donors (Lipinski definition) is 1. The van der Waals surface area contributed by atoms with Crippen LogP contribution in [-0.2, 0) is 11.3 Å². The van der Waals surface area contributed by atoms with E-state index in [-0.39, 0.29) is 12.5 Å². The SMILES string of the molecule is C[C@H](NC(=O)OCc1ccccc1)c1nc2sccc2c(=O)o1. The Labute approximate surface area is 135 Å². The minimum Gasteiger partial charge on any atom is -0.445 e. The number of hydrogen-bond acceptors (Lipinski definition) is 6. The molecule has 0 spiro atoms. The Kier molecular flexibility index (Phi) is 4.38. The molecular weight excluding hydrogens is 316 g/mol. The van der Waals surface area contributed by atoms with Crippen LogP contribution in [0.25, 0.3) is 10.2 Å². The first-order chi connectivity index (χ1) is 11.1. The van der Waals surface area contributed by atoms with Crippen molar-refractivity contribution < 1.29 is 13.9 Å². The van der Waals surface area contributed by atoms with Crippen LogP contribution in [0.5, 0.6) is 0 Å². The van der Waals surface area contributed by atoms with Crippen molar-refractivity contribution in [2.75, 3.05) is 0 Å². The molecule has 0 bridgehead atoms. The lowest BCUT2D eigenvalue weighted by Gasteiger charge is -2.12. The molecule has 2 aromatic heterocycles. The summed E-state index contributed by atoms with van der Waals surface area (Å²) in [4.78, 5) is 28.5. The standard InChI is InChI=1S/C16H14N2O4S/c1-10(13-18-14-12(7-8-23-14)15(19)22-13)17-16(20)21-9-11-5-3-2-4-6-11/h2-8,10H,9H2,1H3,(H,17,20)/t10-/m0/s1. The zero-order valence-corrected chi connectivity index (χ0v) is 13.1. The van der Waals surface area contributed by atoms with Gasteiger partial charge in [-0.1, -0.05) is 30.3 Å². The van der Waals surface area contributed by atoms with Crippen molar-refractivity contribution in [3.05, 3.63) is 63.7 Å². The van der Waals surface area contributed by atoms with Gasteiger partial charge in [0.1, 0.15) is 17.5 Å². The number of carbonyl (C=O) groups excluding carboxylic acids is 1. The third kappa shape index (κ3) is 3.57. The molecule has 6 nitrogen and oxygen atoms in total. The van der Waals surface area contributed by atoms with Crippen LogP contribution in [0.1, 0.15) is 24.4 Å². The Morgan fingerprint density at radius 3 is 2.91 bits per heavy atom. The molecule has 0 aliphatic carbocycles. The summed E-state index contributed by atoms with van der Waals surface area (Å²) < 4.78 is 10.3. The molecule has 3 aromatic rings. The summed E-state index contributed by atoms with van der Waals surface area (Å²) >= 11 is 1.34. The Bertz CT molecular complexity index is 872. The summed E-state index contributed by atoms with van der Waals surface area (Å²) in [6, 6.07) is 10.4. The molecule has 0 saturated carbocycles. The molecule has 0 saturated heterocycles. The van der Waals surface area contributed by atoms with Gasteiger partial charge in [0.05, 0.1) is 5.39 Å². The lowest BCUT2D eigenvalue weighted by Crippen LogP contribution is -2.28. The van der Waals surface area contributed by atoms with Crippen molar-refractivity contribution in [3.8, 4) is 0 Å². The smallest absolute Gasteiger partial charge is 0.408 e. The number of carbonyl (C=O) groups is 1. The zero-order chi connectivity index (χ0) is 16.2. The van der Waals surface area contributed by atoms with E-state index in [0.717, 1.165) is 5.56 Å². The highest BCUT2D eigenvalue weighted by atomic mass is 32.1. The van der Waals surface area contributed by atoms with Crippen LogP contribution in [0.2, 0.25) is 0 Å². The molecular formula is C16H14N2O4S. The maximum absolute atomic E-state index is 11.8. The van der Waals surface area contributed by atoms with Crippen LogP contribution in [0, 0.1) is 0 Å². The lowest BCUT2D eigenvalue weighted by molar-refractivity contribution is 0.134. The van der Waals surface area contributed by atoms with E-state index in [1.807, 2.05) is 30.3 Å². The highest BCUT2D eigenvalue weighted by Crippen LogP contribution is 2.18. The van der Waals surface area contributed by atoms with Gasteiger partial charge >= 0.3 is 11.7 Å². The Morgan fingerprint density at radius 2 is 2.13 bits per heavy atom. The monoisotopic (exact) mass is 330 g/mol. The van der Waals surface area contributed by atoms with Gasteiger partial charge in [-0.15, -0.1) is 11.3 Å². The van der Waals surface area contributed by atoms with Crippen molar-refractivity contribution in [1.29, 1.82) is 0 Å². The van der Waals surface area contributed by atoms with Crippen molar-refractivity contribution >= 4 is 27.6 Å². The highest BCUT2D eigenvalue weighted by molar-refractivity contribution is 7.16. The van der Waals surface area contributed by atoms with Gasteiger partial charge in [0.15, 0.2) is 0 Å². The van der Waals surface area contributed by atoms with Gasteiger partial charge < -0.3 is 14.5 Å². The van der Waals surface area contributed by atoms with Crippen molar-refractivity contribution in [2.45, 2.75) is 19.6 Å². The van der Waals surface area contributed by atoms with Crippen LogP contribution in [0.3, 0.4) is 0 Å². The van der Waals surface area contributed by atoms with Crippen LogP contribution in [0.4, 0.5) is 4.79 Å². The largest absolute Gasteiger partial charge is 0.445 e. The zero-order valence-electron chi connectivity index (χ0n) is 12.3. The topological polar surface area (TPSA) is 81.4 Å². The molecule has 23 heavy (non-hydrogen) atoms. The van der Waals surface area contributed by atoms with Crippen LogP contribution < -0.4 is 10.9 Å². The third-order valence-electron chi connectivity index (χ3n) is 3.19. The number of aromatic nitrogens is 1. The average Bonchev–Trinajstić information content (AvgIpc) is 3.03. The molecule has 7 heteroatoms. The maximum Gasteiger partial charge on any atom is 0.408 e. The predicted molar refractivity (Wildman–Crippen MR) is 86.3 cm³/mol. The minimum absolute atomic E-state index is 0.154. The fourth-order valence-corrected chi connectivity index (χ4v) is 2.76. The fourth-order valence-electron chi connectivity index (χ4n) is 2.00. The number of nitrogens with one attached hydrogen (secondary N) is 1. The van der Waals surface area contributed by atoms with E-state index in [0.29, 0.717) is 10.2 Å². The summed E-state index contributed by atoms with van der Waals surface area (Å²) in [7, 11) is 0. The van der Waals surface area contributed by atoms with E-state index in [1.165, 1.54) is 11.3 Å². The first-order valence-electron chi connectivity index (χ1n) is 6.99. The number of ether oxygens (including phenoxy) is 1. The van der Waals surface area contributed by atoms with Crippen LogP contribution in [0.15, 0.2) is 51.0 Å². The summed E-state index contributed by atoms with van der Waals surface area (Å²) in [6.45, 7) is 1.84. The summed E-state index contributed by atoms with van der Waals surface area (Å²) in [5, 5.41) is 4.81. The van der Waals surface area contributed by atoms with Gasteiger partial charge in [0.25, 0.3) is 0 Å². The molecule has 2 heterocycles. The number of alkyl carbamates (subject to hydrolysis) is 1. The van der Waals surface area contributed by atoms with Crippen LogP contribution >= 0.6 is 11.3 Å². The number of amides is 1. The van der Waals surface area contributed by atoms with Gasteiger partial charge in [-0.2, -0.15) is 0 Å². The minimum atomic E-state index is -0.600. The molecule has 1 aromatic carbocycles. The molecule has 0 aliphatic rings. The number of benzene rings is 1. The second-order valence-corrected chi connectivity index (χ2v) is 5.80.